The molecular formula is C23H18N2O4. The Morgan fingerprint density at radius 2 is 1.41 bits per heavy atom. The first-order valence-electron chi connectivity index (χ1n) is 8.98. The van der Waals surface area contributed by atoms with E-state index in [1.807, 2.05) is 48.5 Å². The molecule has 3 aromatic rings. The first kappa shape index (κ1) is 18.4. The topological polar surface area (TPSA) is 68.7 Å². The number of pyridine rings is 1. The van der Waals surface area contributed by atoms with E-state index in [4.69, 9.17) is 14.5 Å². The van der Waals surface area contributed by atoms with Gasteiger partial charge in [0.15, 0.2) is 0 Å². The van der Waals surface area contributed by atoms with Crippen molar-refractivity contribution in [3.05, 3.63) is 84.2 Å². The van der Waals surface area contributed by atoms with E-state index in [1.165, 1.54) is 14.2 Å². The molecule has 0 unspecified atom stereocenters. The fourth-order valence-corrected chi connectivity index (χ4v) is 3.41. The van der Waals surface area contributed by atoms with Crippen LogP contribution in [0.3, 0.4) is 0 Å². The molecule has 144 valence electrons. The Morgan fingerprint density at radius 3 is 2.00 bits per heavy atom. The molecule has 0 spiro atoms. The maximum atomic E-state index is 12.8. The summed E-state index contributed by atoms with van der Waals surface area (Å²) in [7, 11) is 2.56. The van der Waals surface area contributed by atoms with Crippen molar-refractivity contribution >= 4 is 39.4 Å². The molecule has 0 aliphatic carbocycles. The van der Waals surface area contributed by atoms with E-state index < -0.39 is 11.9 Å². The monoisotopic (exact) mass is 386 g/mol. The number of carbonyl (C=O) groups is 2. The molecule has 0 radical (unpaired) electrons. The Labute approximate surface area is 167 Å². The number of carbonyl (C=O) groups excluding carboxylic acids is 2. The third kappa shape index (κ3) is 3.14. The number of anilines is 1. The zero-order valence-electron chi connectivity index (χ0n) is 16.0. The minimum Gasteiger partial charge on any atom is -0.465 e. The molecule has 2 aromatic carbocycles. The van der Waals surface area contributed by atoms with Crippen molar-refractivity contribution in [3.8, 4) is 0 Å². The Hall–Kier alpha value is -3.93. The normalized spacial score (nSPS) is 13.7. The lowest BCUT2D eigenvalue weighted by Gasteiger charge is -2.25. The first-order valence-corrected chi connectivity index (χ1v) is 8.98. The Morgan fingerprint density at radius 1 is 0.828 bits per heavy atom. The highest BCUT2D eigenvalue weighted by Crippen LogP contribution is 2.37. The molecule has 1 aliphatic rings. The van der Waals surface area contributed by atoms with Crippen LogP contribution in [0.4, 0.5) is 5.69 Å². The molecule has 6 nitrogen and oxygen atoms in total. The predicted molar refractivity (Wildman–Crippen MR) is 111 cm³/mol. The molecule has 0 bridgehead atoms. The standard InChI is InChI=1S/C23H18N2O4/c1-28-22(26)17-11-7-8-14-25(21(17)23(27)29-2)20-15-9-3-5-12-18(15)24-19-13-6-4-10-16(19)20/h3-14H,1-2H3. The van der Waals surface area contributed by atoms with E-state index in [1.54, 1.807) is 29.3 Å². The molecule has 0 saturated heterocycles. The number of ether oxygens (including phenoxy) is 2. The van der Waals surface area contributed by atoms with Gasteiger partial charge in [0.1, 0.15) is 5.70 Å². The zero-order chi connectivity index (χ0) is 20.4. The van der Waals surface area contributed by atoms with Gasteiger partial charge in [0.2, 0.25) is 0 Å². The van der Waals surface area contributed by atoms with E-state index >= 15 is 0 Å². The second kappa shape index (κ2) is 7.59. The van der Waals surface area contributed by atoms with Gasteiger partial charge in [-0.05, 0) is 24.3 Å². The molecule has 1 aromatic heterocycles. The summed E-state index contributed by atoms with van der Waals surface area (Å²) >= 11 is 0. The fraction of sp³-hybridized carbons (Fsp3) is 0.0870. The quantitative estimate of drug-likeness (QED) is 0.503. The molecule has 0 N–H and O–H groups in total. The molecular weight excluding hydrogens is 368 g/mol. The number of para-hydroxylation sites is 2. The van der Waals surface area contributed by atoms with Gasteiger partial charge >= 0.3 is 11.9 Å². The van der Waals surface area contributed by atoms with Crippen LogP contribution in [0.15, 0.2) is 84.2 Å². The van der Waals surface area contributed by atoms with E-state index in [2.05, 4.69) is 0 Å². The van der Waals surface area contributed by atoms with Crippen LogP contribution in [0, 0.1) is 0 Å². The van der Waals surface area contributed by atoms with Crippen molar-refractivity contribution < 1.29 is 19.1 Å². The number of methoxy groups -OCH3 is 2. The smallest absolute Gasteiger partial charge is 0.355 e. The van der Waals surface area contributed by atoms with Crippen LogP contribution in [-0.2, 0) is 19.1 Å². The number of hydrogen-bond donors (Lipinski definition) is 0. The number of fused-ring (bicyclic) bond motifs is 2. The predicted octanol–water partition coefficient (Wildman–Crippen LogP) is 3.88. The molecule has 6 heteroatoms. The van der Waals surface area contributed by atoms with Crippen LogP contribution in [-0.4, -0.2) is 31.1 Å². The zero-order valence-corrected chi connectivity index (χ0v) is 16.0. The number of esters is 2. The summed E-state index contributed by atoms with van der Waals surface area (Å²) in [6.07, 6.45) is 6.71. The summed E-state index contributed by atoms with van der Waals surface area (Å²) in [5.74, 6) is -1.27. The molecule has 2 heterocycles. The number of hydrogen-bond acceptors (Lipinski definition) is 6. The van der Waals surface area contributed by atoms with Gasteiger partial charge in [0, 0.05) is 17.0 Å². The molecule has 29 heavy (non-hydrogen) atoms. The number of benzene rings is 2. The number of aromatic nitrogens is 1. The summed E-state index contributed by atoms with van der Waals surface area (Å²) in [5.41, 5.74) is 2.46. The summed E-state index contributed by atoms with van der Waals surface area (Å²) < 4.78 is 9.92. The molecule has 4 rings (SSSR count). The first-order chi connectivity index (χ1) is 14.2. The highest BCUT2D eigenvalue weighted by molar-refractivity contribution is 6.13. The van der Waals surface area contributed by atoms with Crippen LogP contribution in [0.25, 0.3) is 21.8 Å². The van der Waals surface area contributed by atoms with Gasteiger partial charge in [-0.25, -0.2) is 14.6 Å². The maximum absolute atomic E-state index is 12.8. The van der Waals surface area contributed by atoms with E-state index in [0.29, 0.717) is 0 Å². The Kier molecular flexibility index (Phi) is 4.83. The van der Waals surface area contributed by atoms with E-state index in [-0.39, 0.29) is 11.3 Å². The van der Waals surface area contributed by atoms with Crippen molar-refractivity contribution in [2.75, 3.05) is 19.1 Å². The van der Waals surface area contributed by atoms with Crippen molar-refractivity contribution in [1.82, 2.24) is 4.98 Å². The van der Waals surface area contributed by atoms with E-state index in [9.17, 15) is 9.59 Å². The minimum absolute atomic E-state index is 0.0749. The lowest BCUT2D eigenvalue weighted by atomic mass is 10.1. The van der Waals surface area contributed by atoms with E-state index in [0.717, 1.165) is 27.5 Å². The van der Waals surface area contributed by atoms with Gasteiger partial charge in [0.05, 0.1) is 36.5 Å². The lowest BCUT2D eigenvalue weighted by Crippen LogP contribution is -2.27. The molecule has 1 aliphatic heterocycles. The maximum Gasteiger partial charge on any atom is 0.355 e. The molecule has 0 fully saturated rings. The largest absolute Gasteiger partial charge is 0.465 e. The highest BCUT2D eigenvalue weighted by Gasteiger charge is 2.29. The van der Waals surface area contributed by atoms with Crippen LogP contribution < -0.4 is 4.90 Å². The molecule has 0 saturated carbocycles. The third-order valence-corrected chi connectivity index (χ3v) is 4.69. The summed E-state index contributed by atoms with van der Waals surface area (Å²) in [6, 6.07) is 15.3. The van der Waals surface area contributed by atoms with Crippen molar-refractivity contribution in [2.45, 2.75) is 0 Å². The lowest BCUT2D eigenvalue weighted by molar-refractivity contribution is -0.139. The average molecular weight is 386 g/mol. The van der Waals surface area contributed by atoms with Crippen molar-refractivity contribution in [1.29, 1.82) is 0 Å². The average Bonchev–Trinajstić information content (AvgIpc) is 2.99. The minimum atomic E-state index is -0.647. The highest BCUT2D eigenvalue weighted by atomic mass is 16.5. The van der Waals surface area contributed by atoms with Gasteiger partial charge in [0.25, 0.3) is 0 Å². The Bertz CT molecular complexity index is 1170. The molecule has 0 atom stereocenters. The number of allylic oxidation sites excluding steroid dienone is 2. The third-order valence-electron chi connectivity index (χ3n) is 4.69. The Balaban J connectivity index is 2.12. The second-order valence-electron chi connectivity index (χ2n) is 6.31. The van der Waals surface area contributed by atoms with Crippen LogP contribution in [0.2, 0.25) is 0 Å². The van der Waals surface area contributed by atoms with Gasteiger partial charge in [-0.1, -0.05) is 42.5 Å². The fourth-order valence-electron chi connectivity index (χ4n) is 3.41. The van der Waals surface area contributed by atoms with Crippen LogP contribution in [0.1, 0.15) is 0 Å². The number of nitrogens with zero attached hydrogens (tertiary/aromatic N) is 2. The van der Waals surface area contributed by atoms with Gasteiger partial charge in [-0.3, -0.25) is 0 Å². The van der Waals surface area contributed by atoms with Gasteiger partial charge < -0.3 is 14.4 Å². The second-order valence-corrected chi connectivity index (χ2v) is 6.31. The number of rotatable bonds is 3. The SMILES string of the molecule is COC(=O)C1=C(C(=O)OC)N(c2c3ccccc3nc3ccccc23)C=CC=C1. The summed E-state index contributed by atoms with van der Waals surface area (Å²) in [4.78, 5) is 31.6. The van der Waals surface area contributed by atoms with Crippen LogP contribution >= 0.6 is 0 Å². The van der Waals surface area contributed by atoms with Gasteiger partial charge in [-0.2, -0.15) is 0 Å². The van der Waals surface area contributed by atoms with Crippen molar-refractivity contribution in [3.63, 3.8) is 0 Å². The van der Waals surface area contributed by atoms with Gasteiger partial charge in [-0.15, -0.1) is 0 Å². The summed E-state index contributed by atoms with van der Waals surface area (Å²) in [5, 5.41) is 1.67. The van der Waals surface area contributed by atoms with Crippen LogP contribution in [0.5, 0.6) is 0 Å². The summed E-state index contributed by atoms with van der Waals surface area (Å²) in [6.45, 7) is 0. The van der Waals surface area contributed by atoms with Crippen molar-refractivity contribution in [2.24, 2.45) is 0 Å². The molecule has 0 amide bonds.